The Morgan fingerprint density at radius 3 is 1.96 bits per heavy atom. The quantitative estimate of drug-likeness (QED) is 0.819. The van der Waals surface area contributed by atoms with Crippen molar-refractivity contribution in [2.75, 3.05) is 0 Å². The van der Waals surface area contributed by atoms with Gasteiger partial charge >= 0.3 is 0 Å². The van der Waals surface area contributed by atoms with Crippen LogP contribution < -0.4 is 0 Å². The Kier molecular flexibility index (Phi) is 2.87. The van der Waals surface area contributed by atoms with E-state index in [9.17, 15) is 10.2 Å². The number of phenols is 2. The molecule has 2 aromatic rings. The molecule has 0 amide bonds. The predicted molar refractivity (Wildman–Crippen MR) is 94.1 cm³/mol. The second-order valence-corrected chi connectivity index (χ2v) is 8.33. The normalized spacial score (nSPS) is 32.8. The molecule has 3 unspecified atom stereocenters. The van der Waals surface area contributed by atoms with Crippen LogP contribution in [-0.4, -0.2) is 10.2 Å². The smallest absolute Gasteiger partial charge is 0.115 e. The third-order valence-corrected chi connectivity index (χ3v) is 7.41. The Balaban J connectivity index is 1.68. The van der Waals surface area contributed by atoms with Crippen molar-refractivity contribution in [3.05, 3.63) is 59.7 Å². The van der Waals surface area contributed by atoms with Crippen molar-refractivity contribution in [2.24, 2.45) is 17.3 Å². The third kappa shape index (κ3) is 1.77. The van der Waals surface area contributed by atoms with E-state index in [-0.39, 0.29) is 5.41 Å². The van der Waals surface area contributed by atoms with E-state index in [2.05, 4.69) is 24.3 Å². The average molecular weight is 320 g/mol. The second-order valence-electron chi connectivity index (χ2n) is 8.33. The Morgan fingerprint density at radius 2 is 1.38 bits per heavy atom. The molecule has 24 heavy (non-hydrogen) atoms. The van der Waals surface area contributed by atoms with Gasteiger partial charge in [0.25, 0.3) is 0 Å². The maximum atomic E-state index is 9.74. The minimum atomic E-state index is 0.0439. The van der Waals surface area contributed by atoms with E-state index in [1.54, 1.807) is 0 Å². The summed E-state index contributed by atoms with van der Waals surface area (Å²) in [6, 6.07) is 15.8. The molecule has 2 nitrogen and oxygen atoms in total. The first-order valence-electron chi connectivity index (χ1n) is 9.21. The zero-order chi connectivity index (χ0) is 16.4. The first-order valence-corrected chi connectivity index (χ1v) is 9.21. The number of rotatable bonds is 2. The van der Waals surface area contributed by atoms with Gasteiger partial charge in [-0.1, -0.05) is 30.7 Å². The predicted octanol–water partition coefficient (Wildman–Crippen LogP) is 4.98. The summed E-state index contributed by atoms with van der Waals surface area (Å²) in [4.78, 5) is 0. The summed E-state index contributed by atoms with van der Waals surface area (Å²) in [5, 5.41) is 19.5. The number of phenolic OH excluding ortho intramolecular Hbond substituents is 2. The van der Waals surface area contributed by atoms with Crippen molar-refractivity contribution in [3.8, 4) is 11.5 Å². The minimum absolute atomic E-state index is 0.0439. The number of aromatic hydroxyl groups is 2. The largest absolute Gasteiger partial charge is 0.508 e. The molecule has 2 aromatic carbocycles. The van der Waals surface area contributed by atoms with Gasteiger partial charge in [-0.3, -0.25) is 0 Å². The number of hydrogen-bond donors (Lipinski definition) is 2. The van der Waals surface area contributed by atoms with E-state index in [4.69, 9.17) is 0 Å². The summed E-state index contributed by atoms with van der Waals surface area (Å²) in [6.45, 7) is 0. The van der Waals surface area contributed by atoms with Gasteiger partial charge < -0.3 is 10.2 Å². The highest BCUT2D eigenvalue weighted by Crippen LogP contribution is 2.72. The molecule has 3 fully saturated rings. The lowest BCUT2D eigenvalue weighted by Crippen LogP contribution is -2.38. The average Bonchev–Trinajstić information content (AvgIpc) is 3.22. The molecule has 2 N–H and O–H groups in total. The Labute approximate surface area is 143 Å². The first-order chi connectivity index (χ1) is 11.6. The van der Waals surface area contributed by atoms with Crippen LogP contribution >= 0.6 is 0 Å². The van der Waals surface area contributed by atoms with Crippen molar-refractivity contribution in [3.63, 3.8) is 0 Å². The van der Waals surface area contributed by atoms with Gasteiger partial charge in [-0.2, -0.15) is 0 Å². The minimum Gasteiger partial charge on any atom is -0.508 e. The summed E-state index contributed by atoms with van der Waals surface area (Å²) in [5.74, 6) is 2.26. The summed E-state index contributed by atoms with van der Waals surface area (Å²) < 4.78 is 0. The van der Waals surface area contributed by atoms with E-state index in [1.807, 2.05) is 24.3 Å². The highest BCUT2D eigenvalue weighted by Gasteiger charge is 2.64. The van der Waals surface area contributed by atoms with Crippen LogP contribution in [0.5, 0.6) is 11.5 Å². The Bertz CT molecular complexity index is 716. The summed E-state index contributed by atoms with van der Waals surface area (Å²) >= 11 is 0. The van der Waals surface area contributed by atoms with Gasteiger partial charge in [-0.25, -0.2) is 0 Å². The summed E-state index contributed by atoms with van der Waals surface area (Å²) in [6.07, 6.45) is 8.09. The fourth-order valence-electron chi connectivity index (χ4n) is 6.50. The highest BCUT2D eigenvalue weighted by atomic mass is 16.3. The first kappa shape index (κ1) is 14.4. The SMILES string of the molecule is Oc1ccc(C2(c3ccc(O)cc3)CC34CCCC3CC2C4)cc1. The van der Waals surface area contributed by atoms with E-state index in [1.165, 1.54) is 49.7 Å². The van der Waals surface area contributed by atoms with E-state index in [0.717, 1.165) is 5.92 Å². The Morgan fingerprint density at radius 1 is 0.792 bits per heavy atom. The molecule has 2 heteroatoms. The molecule has 1 spiro atoms. The molecule has 2 bridgehead atoms. The van der Waals surface area contributed by atoms with Crippen molar-refractivity contribution >= 4 is 0 Å². The van der Waals surface area contributed by atoms with E-state index < -0.39 is 0 Å². The molecule has 0 heterocycles. The summed E-state index contributed by atoms with van der Waals surface area (Å²) in [5.41, 5.74) is 3.24. The molecule has 0 saturated heterocycles. The number of fused-ring (bicyclic) bond motifs is 1. The molecule has 3 aliphatic carbocycles. The van der Waals surface area contributed by atoms with Crippen molar-refractivity contribution in [1.29, 1.82) is 0 Å². The molecule has 5 rings (SSSR count). The van der Waals surface area contributed by atoms with E-state index in [0.29, 0.717) is 22.8 Å². The highest BCUT2D eigenvalue weighted by molar-refractivity contribution is 5.47. The van der Waals surface area contributed by atoms with Gasteiger partial charge in [0, 0.05) is 5.41 Å². The Hall–Kier alpha value is -1.96. The molecule has 124 valence electrons. The maximum absolute atomic E-state index is 9.74. The fourth-order valence-corrected chi connectivity index (χ4v) is 6.50. The molecular weight excluding hydrogens is 296 g/mol. The zero-order valence-electron chi connectivity index (χ0n) is 13.9. The van der Waals surface area contributed by atoms with Crippen LogP contribution in [-0.2, 0) is 5.41 Å². The molecule has 0 aromatic heterocycles. The van der Waals surface area contributed by atoms with Crippen LogP contribution in [0.3, 0.4) is 0 Å². The third-order valence-electron chi connectivity index (χ3n) is 7.41. The second kappa shape index (κ2) is 4.78. The lowest BCUT2D eigenvalue weighted by molar-refractivity contribution is 0.180. The zero-order valence-corrected chi connectivity index (χ0v) is 13.9. The van der Waals surface area contributed by atoms with E-state index >= 15 is 0 Å². The number of benzene rings is 2. The molecular formula is C22H24O2. The molecule has 3 saturated carbocycles. The summed E-state index contributed by atoms with van der Waals surface area (Å²) in [7, 11) is 0. The van der Waals surface area contributed by atoms with Crippen LogP contribution in [0.15, 0.2) is 48.5 Å². The molecule has 3 atom stereocenters. The van der Waals surface area contributed by atoms with Crippen molar-refractivity contribution in [2.45, 2.75) is 43.9 Å². The maximum Gasteiger partial charge on any atom is 0.115 e. The van der Waals surface area contributed by atoms with Gasteiger partial charge in [0.2, 0.25) is 0 Å². The van der Waals surface area contributed by atoms with Gasteiger partial charge in [0.1, 0.15) is 11.5 Å². The number of hydrogen-bond acceptors (Lipinski definition) is 2. The fraction of sp³-hybridized carbons (Fsp3) is 0.455. The van der Waals surface area contributed by atoms with Crippen LogP contribution in [0, 0.1) is 17.3 Å². The van der Waals surface area contributed by atoms with Crippen LogP contribution in [0.2, 0.25) is 0 Å². The van der Waals surface area contributed by atoms with Gasteiger partial charge in [0.15, 0.2) is 0 Å². The van der Waals surface area contributed by atoms with Crippen LogP contribution in [0.1, 0.15) is 49.7 Å². The van der Waals surface area contributed by atoms with Gasteiger partial charge in [0.05, 0.1) is 0 Å². The lowest BCUT2D eigenvalue weighted by atomic mass is 9.60. The monoisotopic (exact) mass is 320 g/mol. The van der Waals surface area contributed by atoms with Crippen LogP contribution in [0.25, 0.3) is 0 Å². The topological polar surface area (TPSA) is 40.5 Å². The van der Waals surface area contributed by atoms with Crippen LogP contribution in [0.4, 0.5) is 0 Å². The lowest BCUT2D eigenvalue weighted by Gasteiger charge is -2.43. The van der Waals surface area contributed by atoms with Crippen molar-refractivity contribution in [1.82, 2.24) is 0 Å². The van der Waals surface area contributed by atoms with Gasteiger partial charge in [-0.15, -0.1) is 0 Å². The molecule has 0 radical (unpaired) electrons. The van der Waals surface area contributed by atoms with Crippen molar-refractivity contribution < 1.29 is 10.2 Å². The molecule has 0 aliphatic heterocycles. The molecule has 3 aliphatic rings. The standard InChI is InChI=1S/C22H24O2/c23-19-7-3-15(4-8-19)22(16-5-9-20(24)10-6-16)14-21-11-1-2-17(21)12-18(22)13-21/h3-10,17-18,23-24H,1-2,11-14H2. The van der Waals surface area contributed by atoms with Gasteiger partial charge in [-0.05, 0) is 84.7 Å².